The highest BCUT2D eigenvalue weighted by Gasteiger charge is 2.23. The number of nitrogens with zero attached hydrogens (tertiary/aromatic N) is 3. The lowest BCUT2D eigenvalue weighted by Crippen LogP contribution is -2.29. The van der Waals surface area contributed by atoms with Crippen molar-refractivity contribution >= 4 is 11.6 Å². The minimum Gasteiger partial charge on any atom is -0.393 e. The van der Waals surface area contributed by atoms with Crippen LogP contribution in [0.5, 0.6) is 0 Å². The van der Waals surface area contributed by atoms with E-state index in [9.17, 15) is 15.2 Å². The highest BCUT2D eigenvalue weighted by molar-refractivity contribution is 5.39. The van der Waals surface area contributed by atoms with Crippen molar-refractivity contribution in [2.45, 2.75) is 57.1 Å². The van der Waals surface area contributed by atoms with E-state index in [2.05, 4.69) is 15.3 Å². The highest BCUT2D eigenvalue weighted by Crippen LogP contribution is 2.25. The van der Waals surface area contributed by atoms with Gasteiger partial charge in [-0.15, -0.1) is 0 Å². The number of ether oxygens (including phenoxy) is 1. The molecule has 2 N–H and O–H groups in total. The SMILES string of the molecule is O=[N+]([O-])c1cnc(NC2CCC(O)CC2)nc1CC[C@H]1CCOC1. The number of aryl methyl sites for hydroxylation is 1. The van der Waals surface area contributed by atoms with Gasteiger partial charge in [0.2, 0.25) is 5.95 Å². The molecule has 3 rings (SSSR count). The lowest BCUT2D eigenvalue weighted by atomic mass is 9.93. The van der Waals surface area contributed by atoms with Crippen molar-refractivity contribution in [2.75, 3.05) is 18.5 Å². The van der Waals surface area contributed by atoms with Gasteiger partial charge in [-0.3, -0.25) is 10.1 Å². The molecule has 0 spiro atoms. The van der Waals surface area contributed by atoms with Gasteiger partial charge >= 0.3 is 5.69 Å². The summed E-state index contributed by atoms with van der Waals surface area (Å²) in [5, 5.41) is 24.0. The summed E-state index contributed by atoms with van der Waals surface area (Å²) >= 11 is 0. The molecule has 2 aliphatic rings. The van der Waals surface area contributed by atoms with Crippen LogP contribution in [0.1, 0.15) is 44.2 Å². The predicted octanol–water partition coefficient (Wildman–Crippen LogP) is 2.07. The lowest BCUT2D eigenvalue weighted by Gasteiger charge is -2.26. The minimum absolute atomic E-state index is 0.0152. The topological polar surface area (TPSA) is 110 Å². The Bertz CT molecular complexity index is 569. The van der Waals surface area contributed by atoms with Gasteiger partial charge in [-0.25, -0.2) is 9.97 Å². The van der Waals surface area contributed by atoms with Crippen molar-refractivity contribution in [3.63, 3.8) is 0 Å². The summed E-state index contributed by atoms with van der Waals surface area (Å²) < 4.78 is 5.36. The van der Waals surface area contributed by atoms with Crippen molar-refractivity contribution in [1.82, 2.24) is 9.97 Å². The molecule has 0 aromatic carbocycles. The number of hydrogen-bond acceptors (Lipinski definition) is 7. The van der Waals surface area contributed by atoms with Crippen molar-refractivity contribution in [3.8, 4) is 0 Å². The number of anilines is 1. The quantitative estimate of drug-likeness (QED) is 0.604. The number of rotatable bonds is 6. The Balaban J connectivity index is 1.66. The van der Waals surface area contributed by atoms with Gasteiger partial charge in [-0.1, -0.05) is 0 Å². The number of nitrogens with one attached hydrogen (secondary N) is 1. The van der Waals surface area contributed by atoms with Crippen molar-refractivity contribution < 1.29 is 14.8 Å². The molecule has 1 atom stereocenters. The summed E-state index contributed by atoms with van der Waals surface area (Å²) in [5.74, 6) is 0.899. The van der Waals surface area contributed by atoms with Crippen LogP contribution in [0.15, 0.2) is 6.20 Å². The Hall–Kier alpha value is -1.80. The number of hydrogen-bond donors (Lipinski definition) is 2. The molecule has 8 nitrogen and oxygen atoms in total. The van der Waals surface area contributed by atoms with Gasteiger partial charge in [0.05, 0.1) is 11.0 Å². The van der Waals surface area contributed by atoms with Crippen LogP contribution in [0.25, 0.3) is 0 Å². The molecular weight excluding hydrogens is 312 g/mol. The first-order valence-corrected chi connectivity index (χ1v) is 8.64. The van der Waals surface area contributed by atoms with E-state index in [1.807, 2.05) is 0 Å². The molecule has 1 saturated carbocycles. The second kappa shape index (κ2) is 7.85. The van der Waals surface area contributed by atoms with Crippen LogP contribution in [0.2, 0.25) is 0 Å². The van der Waals surface area contributed by atoms with Crippen LogP contribution in [0, 0.1) is 16.0 Å². The normalized spacial score (nSPS) is 27.1. The van der Waals surface area contributed by atoms with E-state index in [-0.39, 0.29) is 17.8 Å². The number of aliphatic hydroxyl groups is 1. The first-order valence-electron chi connectivity index (χ1n) is 8.64. The molecule has 1 aliphatic carbocycles. The zero-order chi connectivity index (χ0) is 16.9. The van der Waals surface area contributed by atoms with Crippen LogP contribution in [-0.4, -0.2) is 45.4 Å². The van der Waals surface area contributed by atoms with E-state index in [4.69, 9.17) is 4.74 Å². The van der Waals surface area contributed by atoms with E-state index in [1.54, 1.807) is 0 Å². The Morgan fingerprint density at radius 1 is 1.33 bits per heavy atom. The zero-order valence-electron chi connectivity index (χ0n) is 13.7. The minimum atomic E-state index is -0.415. The maximum Gasteiger partial charge on any atom is 0.309 e. The average Bonchev–Trinajstić information content (AvgIpc) is 3.08. The van der Waals surface area contributed by atoms with E-state index in [0.29, 0.717) is 24.0 Å². The standard InChI is InChI=1S/C16H24N4O4/c21-13-4-2-12(3-5-13)18-16-17-9-15(20(22)23)14(19-16)6-1-11-7-8-24-10-11/h9,11-13,21H,1-8,10H2,(H,17,18,19)/t11-,12?,13?/m0/s1. The summed E-state index contributed by atoms with van der Waals surface area (Å²) in [6.07, 6.45) is 6.73. The van der Waals surface area contributed by atoms with Crippen LogP contribution in [-0.2, 0) is 11.2 Å². The van der Waals surface area contributed by atoms with E-state index in [1.165, 1.54) is 6.20 Å². The van der Waals surface area contributed by atoms with Crippen LogP contribution >= 0.6 is 0 Å². The fraction of sp³-hybridized carbons (Fsp3) is 0.750. The first kappa shape index (κ1) is 17.0. The lowest BCUT2D eigenvalue weighted by molar-refractivity contribution is -0.386. The molecular formula is C16H24N4O4. The molecule has 0 unspecified atom stereocenters. The molecule has 0 amide bonds. The number of nitro groups is 1. The average molecular weight is 336 g/mol. The van der Waals surface area contributed by atoms with E-state index in [0.717, 1.165) is 51.7 Å². The van der Waals surface area contributed by atoms with Gasteiger partial charge in [0.15, 0.2) is 0 Å². The molecule has 1 saturated heterocycles. The molecule has 2 heterocycles. The van der Waals surface area contributed by atoms with E-state index < -0.39 is 4.92 Å². The molecule has 1 aromatic rings. The third-order valence-electron chi connectivity index (χ3n) is 4.89. The summed E-state index contributed by atoms with van der Waals surface area (Å²) in [6.45, 7) is 1.51. The fourth-order valence-corrected chi connectivity index (χ4v) is 3.37. The molecule has 8 heteroatoms. The van der Waals surface area contributed by atoms with Crippen molar-refractivity contribution in [1.29, 1.82) is 0 Å². The zero-order valence-corrected chi connectivity index (χ0v) is 13.7. The monoisotopic (exact) mass is 336 g/mol. The van der Waals surface area contributed by atoms with Gasteiger partial charge < -0.3 is 15.2 Å². The first-order chi connectivity index (χ1) is 11.6. The predicted molar refractivity (Wildman–Crippen MR) is 87.8 cm³/mol. The summed E-state index contributed by atoms with van der Waals surface area (Å²) in [7, 11) is 0. The Morgan fingerprint density at radius 2 is 2.12 bits per heavy atom. The van der Waals surface area contributed by atoms with Gasteiger partial charge in [-0.2, -0.15) is 0 Å². The second-order valence-corrected chi connectivity index (χ2v) is 6.70. The third-order valence-corrected chi connectivity index (χ3v) is 4.89. The molecule has 132 valence electrons. The van der Waals surface area contributed by atoms with Crippen molar-refractivity contribution in [3.05, 3.63) is 22.0 Å². The molecule has 1 aliphatic heterocycles. The summed E-state index contributed by atoms with van der Waals surface area (Å²) in [5.41, 5.74) is 0.471. The Morgan fingerprint density at radius 3 is 2.79 bits per heavy atom. The largest absolute Gasteiger partial charge is 0.393 e. The van der Waals surface area contributed by atoms with Crippen LogP contribution < -0.4 is 5.32 Å². The van der Waals surface area contributed by atoms with Crippen LogP contribution in [0.4, 0.5) is 11.6 Å². The molecule has 24 heavy (non-hydrogen) atoms. The van der Waals surface area contributed by atoms with Crippen LogP contribution in [0.3, 0.4) is 0 Å². The maximum absolute atomic E-state index is 11.2. The second-order valence-electron chi connectivity index (χ2n) is 6.70. The van der Waals surface area contributed by atoms with Gasteiger partial charge in [-0.05, 0) is 50.9 Å². The van der Waals surface area contributed by atoms with Crippen molar-refractivity contribution in [2.24, 2.45) is 5.92 Å². The van der Waals surface area contributed by atoms with E-state index >= 15 is 0 Å². The third kappa shape index (κ3) is 4.39. The number of aliphatic hydroxyl groups excluding tert-OH is 1. The molecule has 2 fully saturated rings. The van der Waals surface area contributed by atoms with Gasteiger partial charge in [0, 0.05) is 19.3 Å². The Labute approximate surface area is 140 Å². The number of aromatic nitrogens is 2. The maximum atomic E-state index is 11.2. The summed E-state index contributed by atoms with van der Waals surface area (Å²) in [4.78, 5) is 19.3. The Kier molecular flexibility index (Phi) is 5.57. The molecule has 0 bridgehead atoms. The highest BCUT2D eigenvalue weighted by atomic mass is 16.6. The smallest absolute Gasteiger partial charge is 0.309 e. The molecule has 0 radical (unpaired) electrons. The summed E-state index contributed by atoms with van der Waals surface area (Å²) in [6, 6.07) is 0.214. The fourth-order valence-electron chi connectivity index (χ4n) is 3.37. The molecule has 1 aromatic heterocycles. The van der Waals surface area contributed by atoms with Gasteiger partial charge in [0.1, 0.15) is 11.9 Å². The van der Waals surface area contributed by atoms with Gasteiger partial charge in [0.25, 0.3) is 0 Å².